The van der Waals surface area contributed by atoms with Gasteiger partial charge in [0.25, 0.3) is 5.91 Å². The predicted molar refractivity (Wildman–Crippen MR) is 133 cm³/mol. The summed E-state index contributed by atoms with van der Waals surface area (Å²) in [6.07, 6.45) is 5.46. The summed E-state index contributed by atoms with van der Waals surface area (Å²) in [5.74, 6) is 0.851. The van der Waals surface area contributed by atoms with E-state index in [2.05, 4.69) is 48.6 Å². The van der Waals surface area contributed by atoms with Crippen molar-refractivity contribution in [3.8, 4) is 6.07 Å². The van der Waals surface area contributed by atoms with Crippen LogP contribution in [0.5, 0.6) is 0 Å². The number of hydrogen-bond donors (Lipinski definition) is 1. The fourth-order valence-electron chi connectivity index (χ4n) is 3.57. The summed E-state index contributed by atoms with van der Waals surface area (Å²) < 4.78 is 0.826. The van der Waals surface area contributed by atoms with E-state index in [0.717, 1.165) is 14.5 Å². The molecule has 33 heavy (non-hydrogen) atoms. The van der Waals surface area contributed by atoms with Crippen LogP contribution in [0.3, 0.4) is 0 Å². The van der Waals surface area contributed by atoms with Crippen molar-refractivity contribution in [2.45, 2.75) is 25.9 Å². The molecule has 3 heterocycles. The van der Waals surface area contributed by atoms with Gasteiger partial charge < -0.3 is 10.6 Å². The van der Waals surface area contributed by atoms with Gasteiger partial charge in [0.05, 0.1) is 32.9 Å². The Balaban J connectivity index is 1.75. The molecule has 0 saturated carbocycles. The number of nitrogen functional groups attached to an aromatic ring is 1. The fraction of sp³-hybridized carbons (Fsp3) is 0.167. The van der Waals surface area contributed by atoms with Gasteiger partial charge in [-0.1, -0.05) is 6.92 Å². The van der Waals surface area contributed by atoms with Crippen molar-refractivity contribution in [3.05, 3.63) is 87.3 Å². The summed E-state index contributed by atoms with van der Waals surface area (Å²) in [7, 11) is 0. The monoisotopic (exact) mass is 549 g/mol. The zero-order valence-electron chi connectivity index (χ0n) is 17.8. The molecule has 0 saturated heterocycles. The number of carbonyl (C=O) groups is 1. The average molecular weight is 549 g/mol. The van der Waals surface area contributed by atoms with Gasteiger partial charge in [-0.25, -0.2) is 15.0 Å². The van der Waals surface area contributed by atoms with E-state index in [4.69, 9.17) is 11.0 Å². The van der Waals surface area contributed by atoms with E-state index in [9.17, 15) is 4.79 Å². The third kappa shape index (κ3) is 4.90. The van der Waals surface area contributed by atoms with E-state index in [1.54, 1.807) is 47.6 Å². The lowest BCUT2D eigenvalue weighted by atomic mass is 10.1. The second-order valence-electron chi connectivity index (χ2n) is 7.38. The lowest BCUT2D eigenvalue weighted by Crippen LogP contribution is -2.35. The highest BCUT2D eigenvalue weighted by atomic mass is 127. The van der Waals surface area contributed by atoms with Crippen molar-refractivity contribution in [1.82, 2.24) is 24.8 Å². The molecule has 0 aliphatic carbocycles. The topological polar surface area (TPSA) is 122 Å². The fourth-order valence-corrected chi connectivity index (χ4v) is 4.03. The molecule has 9 heteroatoms. The minimum absolute atomic E-state index is 0.172. The van der Waals surface area contributed by atoms with E-state index in [1.807, 2.05) is 19.1 Å². The van der Waals surface area contributed by atoms with Gasteiger partial charge in [-0.2, -0.15) is 5.26 Å². The van der Waals surface area contributed by atoms with Crippen LogP contribution in [0.1, 0.15) is 46.8 Å². The Morgan fingerprint density at radius 2 is 1.97 bits per heavy atom. The van der Waals surface area contributed by atoms with Crippen molar-refractivity contribution in [2.24, 2.45) is 0 Å². The zero-order chi connectivity index (χ0) is 23.4. The van der Waals surface area contributed by atoms with Gasteiger partial charge in [0.2, 0.25) is 0 Å². The second kappa shape index (κ2) is 9.87. The molecular formula is C24H20IN7O. The normalized spacial score (nSPS) is 11.7. The van der Waals surface area contributed by atoms with Gasteiger partial charge >= 0.3 is 0 Å². The minimum Gasteiger partial charge on any atom is -0.383 e. The molecule has 164 valence electrons. The summed E-state index contributed by atoms with van der Waals surface area (Å²) in [6, 6.07) is 14.2. The maximum atomic E-state index is 13.8. The van der Waals surface area contributed by atoms with Gasteiger partial charge in [-0.05, 0) is 71.5 Å². The first-order valence-corrected chi connectivity index (χ1v) is 11.4. The SMILES string of the molecule is CC[C@H](c1ncccn1)N(Cc1ccc(C#N)cn1)C(=O)c1ccc2nc(N)c(I)cc2c1. The molecule has 4 aromatic rings. The van der Waals surface area contributed by atoms with Crippen molar-refractivity contribution in [3.63, 3.8) is 0 Å². The number of halogens is 1. The first-order valence-electron chi connectivity index (χ1n) is 10.3. The highest BCUT2D eigenvalue weighted by molar-refractivity contribution is 14.1. The molecular weight excluding hydrogens is 529 g/mol. The third-order valence-corrected chi connectivity index (χ3v) is 6.10. The van der Waals surface area contributed by atoms with E-state index >= 15 is 0 Å². The van der Waals surface area contributed by atoms with Crippen molar-refractivity contribution in [2.75, 3.05) is 5.73 Å². The van der Waals surface area contributed by atoms with Gasteiger partial charge in [0.15, 0.2) is 5.82 Å². The Morgan fingerprint density at radius 3 is 2.64 bits per heavy atom. The molecule has 3 aromatic heterocycles. The number of anilines is 1. The molecule has 0 aliphatic rings. The summed E-state index contributed by atoms with van der Waals surface area (Å²) in [4.78, 5) is 33.1. The number of nitrogens with zero attached hydrogens (tertiary/aromatic N) is 6. The van der Waals surface area contributed by atoms with Crippen molar-refractivity contribution < 1.29 is 4.79 Å². The Morgan fingerprint density at radius 1 is 1.18 bits per heavy atom. The second-order valence-corrected chi connectivity index (χ2v) is 8.54. The number of nitrogens with two attached hydrogens (primary N) is 1. The number of amides is 1. The lowest BCUT2D eigenvalue weighted by molar-refractivity contribution is 0.0640. The molecule has 0 spiro atoms. The van der Waals surface area contributed by atoms with E-state index < -0.39 is 0 Å². The maximum absolute atomic E-state index is 13.8. The Hall–Kier alpha value is -3.65. The molecule has 0 radical (unpaired) electrons. The third-order valence-electron chi connectivity index (χ3n) is 5.24. The molecule has 0 aliphatic heterocycles. The standard InChI is InChI=1S/C24H20IN7O/c1-2-21(23-28-8-3-9-29-23)32(14-18-6-4-15(12-26)13-30-18)24(33)16-5-7-20-17(10-16)11-19(25)22(27)31-20/h3-11,13,21H,2,14H2,1H3,(H2,27,31)/t21-/m1/s1. The summed E-state index contributed by atoms with van der Waals surface area (Å²) >= 11 is 2.13. The van der Waals surface area contributed by atoms with Crippen LogP contribution >= 0.6 is 22.6 Å². The van der Waals surface area contributed by atoms with E-state index in [0.29, 0.717) is 34.9 Å². The van der Waals surface area contributed by atoms with Crippen LogP contribution in [0.4, 0.5) is 5.82 Å². The number of nitriles is 1. The Labute approximate surface area is 204 Å². The van der Waals surface area contributed by atoms with Crippen LogP contribution in [0.2, 0.25) is 0 Å². The number of carbonyl (C=O) groups excluding carboxylic acids is 1. The van der Waals surface area contributed by atoms with Gasteiger partial charge in [-0.15, -0.1) is 0 Å². The highest BCUT2D eigenvalue weighted by Crippen LogP contribution is 2.27. The van der Waals surface area contributed by atoms with Crippen LogP contribution in [0, 0.1) is 14.9 Å². The van der Waals surface area contributed by atoms with Crippen LogP contribution in [-0.4, -0.2) is 30.7 Å². The number of benzene rings is 1. The number of fused-ring (bicyclic) bond motifs is 1. The van der Waals surface area contributed by atoms with Crippen LogP contribution < -0.4 is 5.73 Å². The molecule has 0 bridgehead atoms. The van der Waals surface area contributed by atoms with Gasteiger partial charge in [0, 0.05) is 29.5 Å². The molecule has 1 aromatic carbocycles. The first-order chi connectivity index (χ1) is 16.0. The molecule has 2 N–H and O–H groups in total. The molecule has 1 amide bonds. The number of pyridine rings is 2. The molecule has 1 atom stereocenters. The van der Waals surface area contributed by atoms with Crippen LogP contribution in [0.15, 0.2) is 61.1 Å². The predicted octanol–water partition coefficient (Wildman–Crippen LogP) is 4.27. The summed E-state index contributed by atoms with van der Waals surface area (Å²) in [5, 5.41) is 9.89. The summed E-state index contributed by atoms with van der Waals surface area (Å²) in [6.45, 7) is 2.24. The van der Waals surface area contributed by atoms with Crippen molar-refractivity contribution in [1.29, 1.82) is 5.26 Å². The van der Waals surface area contributed by atoms with Crippen LogP contribution in [0.25, 0.3) is 10.9 Å². The molecule has 4 rings (SSSR count). The highest BCUT2D eigenvalue weighted by Gasteiger charge is 2.27. The molecule has 0 unspecified atom stereocenters. The molecule has 8 nitrogen and oxygen atoms in total. The maximum Gasteiger partial charge on any atom is 0.254 e. The van der Waals surface area contributed by atoms with Gasteiger partial charge in [0.1, 0.15) is 11.9 Å². The number of aromatic nitrogens is 4. The summed E-state index contributed by atoms with van der Waals surface area (Å²) in [5.41, 5.74) is 8.30. The minimum atomic E-state index is -0.350. The largest absolute Gasteiger partial charge is 0.383 e. The van der Waals surface area contributed by atoms with E-state index in [1.165, 1.54) is 6.20 Å². The number of rotatable bonds is 6. The quantitative estimate of drug-likeness (QED) is 0.357. The zero-order valence-corrected chi connectivity index (χ0v) is 20.0. The number of hydrogen-bond acceptors (Lipinski definition) is 7. The first kappa shape index (κ1) is 22.5. The van der Waals surface area contributed by atoms with E-state index in [-0.39, 0.29) is 18.5 Å². The molecule has 0 fully saturated rings. The van der Waals surface area contributed by atoms with Crippen LogP contribution in [-0.2, 0) is 6.54 Å². The Kier molecular flexibility index (Phi) is 6.74. The average Bonchev–Trinajstić information content (AvgIpc) is 2.85. The lowest BCUT2D eigenvalue weighted by Gasteiger charge is -2.30. The Bertz CT molecular complexity index is 1340. The smallest absolute Gasteiger partial charge is 0.254 e. The van der Waals surface area contributed by atoms with Gasteiger partial charge in [-0.3, -0.25) is 9.78 Å². The van der Waals surface area contributed by atoms with Crippen molar-refractivity contribution >= 4 is 45.2 Å².